The number of benzene rings is 1. The molecule has 0 N–H and O–H groups in total. The second-order valence-electron chi connectivity index (χ2n) is 3.64. The molecule has 0 aliphatic heterocycles. The van der Waals surface area contributed by atoms with Gasteiger partial charge in [0.15, 0.2) is 0 Å². The summed E-state index contributed by atoms with van der Waals surface area (Å²) in [6.07, 6.45) is 0.0202. The molecule has 0 radical (unpaired) electrons. The number of nitro groups is 1. The van der Waals surface area contributed by atoms with E-state index in [1.807, 2.05) is 0 Å². The van der Waals surface area contributed by atoms with Crippen molar-refractivity contribution in [3.8, 4) is 0 Å². The maximum atomic E-state index is 10.8. The molecule has 1 aromatic rings. The van der Waals surface area contributed by atoms with Gasteiger partial charge in [0.25, 0.3) is 5.54 Å². The predicted molar refractivity (Wildman–Crippen MR) is 48.5 cm³/mol. The van der Waals surface area contributed by atoms with E-state index in [2.05, 4.69) is 0 Å². The Bertz CT molecular complexity index is 406. The molecule has 2 unspecified atom stereocenters. The average molecular weight is 229 g/mol. The molecule has 2 rings (SSSR count). The summed E-state index contributed by atoms with van der Waals surface area (Å²) in [6.45, 7) is 0. The second kappa shape index (κ2) is 4.53. The maximum Gasteiger partial charge on any atom is 1.00 e. The summed E-state index contributed by atoms with van der Waals surface area (Å²) in [5.74, 6) is -2.15. The molecule has 16 heavy (non-hydrogen) atoms. The Hall–Kier alpha value is -0.910. The van der Waals surface area contributed by atoms with Crippen molar-refractivity contribution in [1.82, 2.24) is 0 Å². The minimum atomic E-state index is -1.90. The van der Waals surface area contributed by atoms with Crippen LogP contribution in [-0.4, -0.2) is 16.4 Å². The normalized spacial score (nSPS) is 26.6. The van der Waals surface area contributed by atoms with Crippen molar-refractivity contribution in [3.63, 3.8) is 0 Å². The van der Waals surface area contributed by atoms with Gasteiger partial charge < -0.3 is 9.90 Å². The summed E-state index contributed by atoms with van der Waals surface area (Å²) in [4.78, 5) is 20.7. The van der Waals surface area contributed by atoms with E-state index < -0.39 is 22.3 Å². The fraction of sp³-hybridized carbons (Fsp3) is 0.300. The summed E-state index contributed by atoms with van der Waals surface area (Å²) in [7, 11) is 0. The largest absolute Gasteiger partial charge is 1.00 e. The Morgan fingerprint density at radius 1 is 1.38 bits per heavy atom. The van der Waals surface area contributed by atoms with Crippen LogP contribution in [-0.2, 0) is 4.79 Å². The third-order valence-electron chi connectivity index (χ3n) is 2.81. The molecule has 0 saturated heterocycles. The molecule has 1 aliphatic rings. The van der Waals surface area contributed by atoms with Crippen LogP contribution in [0.2, 0.25) is 0 Å². The summed E-state index contributed by atoms with van der Waals surface area (Å²) in [6, 6.07) is 8.62. The van der Waals surface area contributed by atoms with Crippen molar-refractivity contribution in [2.45, 2.75) is 17.9 Å². The molecule has 1 aliphatic carbocycles. The zero-order valence-electron chi connectivity index (χ0n) is 8.75. The van der Waals surface area contributed by atoms with Crippen molar-refractivity contribution < 1.29 is 44.4 Å². The maximum absolute atomic E-state index is 10.8. The quantitative estimate of drug-likeness (QED) is 0.313. The van der Waals surface area contributed by atoms with Gasteiger partial charge in [0.05, 0.1) is 5.92 Å². The van der Waals surface area contributed by atoms with E-state index in [4.69, 9.17) is 0 Å². The molecule has 0 amide bonds. The zero-order chi connectivity index (χ0) is 11.1. The van der Waals surface area contributed by atoms with Crippen molar-refractivity contribution in [2.24, 2.45) is 0 Å². The minimum Gasteiger partial charge on any atom is -0.543 e. The number of rotatable bonds is 3. The summed E-state index contributed by atoms with van der Waals surface area (Å²) in [5.41, 5.74) is -1.22. The van der Waals surface area contributed by atoms with Crippen LogP contribution in [0.15, 0.2) is 30.3 Å². The first-order valence-corrected chi connectivity index (χ1v) is 4.50. The zero-order valence-corrected chi connectivity index (χ0v) is 10.8. The molecule has 78 valence electrons. The van der Waals surface area contributed by atoms with Gasteiger partial charge in [-0.3, -0.25) is 10.1 Å². The molecule has 2 atom stereocenters. The van der Waals surface area contributed by atoms with E-state index in [0.717, 1.165) is 0 Å². The summed E-state index contributed by atoms with van der Waals surface area (Å²) >= 11 is 0. The second-order valence-corrected chi connectivity index (χ2v) is 3.64. The molecule has 0 heterocycles. The summed E-state index contributed by atoms with van der Waals surface area (Å²) in [5, 5.41) is 21.4. The van der Waals surface area contributed by atoms with Gasteiger partial charge in [-0.15, -0.1) is 0 Å². The van der Waals surface area contributed by atoms with Crippen LogP contribution in [0.1, 0.15) is 17.9 Å². The fourth-order valence-corrected chi connectivity index (χ4v) is 1.83. The molecule has 6 heteroatoms. The van der Waals surface area contributed by atoms with Gasteiger partial charge in [-0.05, 0) is 5.56 Å². The SMILES string of the molecule is O=C([O-])C1([N+](=O)[O-])CC1c1ccccc1.[Na+]. The minimum absolute atomic E-state index is 0. The average Bonchev–Trinajstić information content (AvgIpc) is 2.95. The van der Waals surface area contributed by atoms with Crippen LogP contribution in [0.3, 0.4) is 0 Å². The first-order valence-electron chi connectivity index (χ1n) is 4.50. The number of carbonyl (C=O) groups is 1. The Morgan fingerprint density at radius 3 is 2.31 bits per heavy atom. The van der Waals surface area contributed by atoms with Gasteiger partial charge in [0, 0.05) is 11.3 Å². The Morgan fingerprint density at radius 2 is 1.94 bits per heavy atom. The van der Waals surface area contributed by atoms with Gasteiger partial charge in [-0.1, -0.05) is 30.3 Å². The van der Waals surface area contributed by atoms with Gasteiger partial charge in [-0.2, -0.15) is 0 Å². The predicted octanol–water partition coefficient (Wildman–Crippen LogP) is -3.06. The monoisotopic (exact) mass is 229 g/mol. The molecule has 0 bridgehead atoms. The van der Waals surface area contributed by atoms with Crippen molar-refractivity contribution in [2.75, 3.05) is 0 Å². The molecule has 0 spiro atoms. The van der Waals surface area contributed by atoms with Crippen LogP contribution in [0, 0.1) is 10.1 Å². The van der Waals surface area contributed by atoms with Crippen LogP contribution in [0.5, 0.6) is 0 Å². The number of hydrogen-bond acceptors (Lipinski definition) is 4. The number of carboxylic acids is 1. The van der Waals surface area contributed by atoms with Gasteiger partial charge in [-0.25, -0.2) is 0 Å². The van der Waals surface area contributed by atoms with Crippen LogP contribution >= 0.6 is 0 Å². The Balaban J connectivity index is 0.00000128. The third-order valence-corrected chi connectivity index (χ3v) is 2.81. The van der Waals surface area contributed by atoms with Crippen LogP contribution < -0.4 is 34.7 Å². The summed E-state index contributed by atoms with van der Waals surface area (Å²) < 4.78 is 0. The van der Waals surface area contributed by atoms with Gasteiger partial charge >= 0.3 is 29.6 Å². The van der Waals surface area contributed by atoms with Crippen molar-refractivity contribution in [3.05, 3.63) is 46.0 Å². The van der Waals surface area contributed by atoms with E-state index in [-0.39, 0.29) is 36.0 Å². The van der Waals surface area contributed by atoms with E-state index in [0.29, 0.717) is 5.56 Å². The standard InChI is InChI=1S/C10H9NO4.Na/c12-9(13)10(11(14)15)6-8(10)7-4-2-1-3-5-7;/h1-5,8H,6H2,(H,12,13);/q;+1/p-1. The molecule has 0 aromatic heterocycles. The Labute approximate surface area is 114 Å². The van der Waals surface area contributed by atoms with E-state index in [1.165, 1.54) is 0 Å². The molecule has 1 aromatic carbocycles. The molecule has 5 nitrogen and oxygen atoms in total. The van der Waals surface area contributed by atoms with Crippen molar-refractivity contribution in [1.29, 1.82) is 0 Å². The van der Waals surface area contributed by atoms with Gasteiger partial charge in [0.2, 0.25) is 0 Å². The van der Waals surface area contributed by atoms with Crippen molar-refractivity contribution >= 4 is 5.97 Å². The number of nitrogens with zero attached hydrogens (tertiary/aromatic N) is 1. The first kappa shape index (κ1) is 13.2. The molecule has 1 fully saturated rings. The first-order chi connectivity index (χ1) is 7.09. The smallest absolute Gasteiger partial charge is 0.543 e. The van der Waals surface area contributed by atoms with Crippen LogP contribution in [0.25, 0.3) is 0 Å². The fourth-order valence-electron chi connectivity index (χ4n) is 1.83. The number of carboxylic acid groups (broad SMARTS) is 1. The topological polar surface area (TPSA) is 83.3 Å². The van der Waals surface area contributed by atoms with E-state index in [1.54, 1.807) is 30.3 Å². The number of aliphatic carboxylic acids is 1. The molecular weight excluding hydrogens is 221 g/mol. The number of carbonyl (C=O) groups excluding carboxylic acids is 1. The molecule has 1 saturated carbocycles. The number of hydrogen-bond donors (Lipinski definition) is 0. The third kappa shape index (κ3) is 1.86. The van der Waals surface area contributed by atoms with Crippen LogP contribution in [0.4, 0.5) is 0 Å². The van der Waals surface area contributed by atoms with E-state index >= 15 is 0 Å². The molecular formula is C10H8NNaO4. The van der Waals surface area contributed by atoms with E-state index in [9.17, 15) is 20.0 Å². The van der Waals surface area contributed by atoms with Gasteiger partial charge in [0.1, 0.15) is 5.97 Å². The Kier molecular flexibility index (Phi) is 3.72.